The van der Waals surface area contributed by atoms with E-state index in [2.05, 4.69) is 19.1 Å². The largest absolute Gasteiger partial charge is 0.497 e. The molecular formula is C20H25NO3. The summed E-state index contributed by atoms with van der Waals surface area (Å²) >= 11 is 0. The number of hydrogen-bond donors (Lipinski definition) is 0. The van der Waals surface area contributed by atoms with Gasteiger partial charge in [-0.2, -0.15) is 0 Å². The van der Waals surface area contributed by atoms with E-state index in [-0.39, 0.29) is 10.6 Å². The van der Waals surface area contributed by atoms with Crippen LogP contribution in [0, 0.1) is 16.0 Å². The zero-order valence-electron chi connectivity index (χ0n) is 14.4. The average molecular weight is 327 g/mol. The van der Waals surface area contributed by atoms with Gasteiger partial charge in [-0.15, -0.1) is 0 Å². The minimum Gasteiger partial charge on any atom is -0.497 e. The summed E-state index contributed by atoms with van der Waals surface area (Å²) < 4.78 is 5.17. The molecule has 128 valence electrons. The van der Waals surface area contributed by atoms with Gasteiger partial charge in [0.05, 0.1) is 12.0 Å². The van der Waals surface area contributed by atoms with Crippen LogP contribution in [0.2, 0.25) is 0 Å². The molecule has 0 heterocycles. The minimum atomic E-state index is -0.355. The Bertz CT molecular complexity index is 635. The van der Waals surface area contributed by atoms with Gasteiger partial charge in [-0.1, -0.05) is 44.0 Å². The van der Waals surface area contributed by atoms with Crippen LogP contribution in [0.4, 0.5) is 5.69 Å². The first-order chi connectivity index (χ1) is 11.6. The summed E-state index contributed by atoms with van der Waals surface area (Å²) in [6.07, 6.45) is 5.61. The number of non-ortho nitro benzene ring substituents is 1. The van der Waals surface area contributed by atoms with Crippen molar-refractivity contribution in [3.63, 3.8) is 0 Å². The molecule has 0 spiro atoms. The fraction of sp³-hybridized carbons (Fsp3) is 0.400. The van der Waals surface area contributed by atoms with E-state index in [1.165, 1.54) is 30.4 Å². The maximum Gasteiger partial charge on any atom is 0.269 e. The summed E-state index contributed by atoms with van der Waals surface area (Å²) in [5, 5.41) is 10.7. The van der Waals surface area contributed by atoms with Crippen molar-refractivity contribution in [2.75, 3.05) is 7.11 Å². The second kappa shape index (κ2) is 9.06. The number of nitro groups is 1. The second-order valence-corrected chi connectivity index (χ2v) is 6.33. The maximum atomic E-state index is 10.7. The van der Waals surface area contributed by atoms with Crippen molar-refractivity contribution in [1.29, 1.82) is 0 Å². The highest BCUT2D eigenvalue weighted by molar-refractivity contribution is 5.33. The zero-order valence-corrected chi connectivity index (χ0v) is 14.4. The fourth-order valence-electron chi connectivity index (χ4n) is 2.87. The molecule has 0 aliphatic heterocycles. The predicted octanol–water partition coefficient (Wildman–Crippen LogP) is 5.20. The van der Waals surface area contributed by atoms with E-state index in [1.807, 2.05) is 24.3 Å². The second-order valence-electron chi connectivity index (χ2n) is 6.33. The molecule has 0 aliphatic carbocycles. The van der Waals surface area contributed by atoms with Crippen LogP contribution in [-0.4, -0.2) is 12.0 Å². The summed E-state index contributed by atoms with van der Waals surface area (Å²) in [7, 11) is 1.68. The Hall–Kier alpha value is -2.36. The monoisotopic (exact) mass is 327 g/mol. The molecule has 1 unspecified atom stereocenters. The SMILES string of the molecule is COc1ccc(CCCCC(C)Cc2ccc([N+](=O)[O-])cc2)cc1. The van der Waals surface area contributed by atoms with Gasteiger partial charge in [-0.05, 0) is 48.4 Å². The van der Waals surface area contributed by atoms with Crippen LogP contribution in [0.15, 0.2) is 48.5 Å². The van der Waals surface area contributed by atoms with Gasteiger partial charge in [-0.3, -0.25) is 10.1 Å². The Morgan fingerprint density at radius 3 is 2.21 bits per heavy atom. The quantitative estimate of drug-likeness (QED) is 0.361. The van der Waals surface area contributed by atoms with Crippen LogP contribution in [0.3, 0.4) is 0 Å². The lowest BCUT2D eigenvalue weighted by Crippen LogP contribution is -2.00. The van der Waals surface area contributed by atoms with Gasteiger partial charge in [0.25, 0.3) is 5.69 Å². The van der Waals surface area contributed by atoms with E-state index in [0.29, 0.717) is 5.92 Å². The minimum absolute atomic E-state index is 0.158. The Morgan fingerprint density at radius 1 is 1.00 bits per heavy atom. The summed E-state index contributed by atoms with van der Waals surface area (Å²) in [4.78, 5) is 10.3. The molecule has 0 aromatic heterocycles. The fourth-order valence-corrected chi connectivity index (χ4v) is 2.87. The van der Waals surface area contributed by atoms with Gasteiger partial charge in [0.15, 0.2) is 0 Å². The van der Waals surface area contributed by atoms with Gasteiger partial charge >= 0.3 is 0 Å². The van der Waals surface area contributed by atoms with E-state index >= 15 is 0 Å². The summed E-state index contributed by atoms with van der Waals surface area (Å²) in [5.41, 5.74) is 2.67. The number of rotatable bonds is 9. The molecule has 4 nitrogen and oxygen atoms in total. The number of methoxy groups -OCH3 is 1. The Kier molecular flexibility index (Phi) is 6.79. The van der Waals surface area contributed by atoms with Crippen molar-refractivity contribution in [1.82, 2.24) is 0 Å². The molecule has 24 heavy (non-hydrogen) atoms. The maximum absolute atomic E-state index is 10.7. The van der Waals surface area contributed by atoms with E-state index in [4.69, 9.17) is 4.74 Å². The van der Waals surface area contributed by atoms with Crippen molar-refractivity contribution >= 4 is 5.69 Å². The number of unbranched alkanes of at least 4 members (excludes halogenated alkanes) is 1. The lowest BCUT2D eigenvalue weighted by Gasteiger charge is -2.11. The Morgan fingerprint density at radius 2 is 1.62 bits per heavy atom. The number of nitro benzene ring substituents is 1. The van der Waals surface area contributed by atoms with Crippen LogP contribution >= 0.6 is 0 Å². The molecule has 2 rings (SSSR count). The van der Waals surface area contributed by atoms with E-state index in [1.54, 1.807) is 19.2 Å². The van der Waals surface area contributed by atoms with Crippen LogP contribution < -0.4 is 4.74 Å². The first-order valence-corrected chi connectivity index (χ1v) is 8.44. The van der Waals surface area contributed by atoms with Gasteiger partial charge in [-0.25, -0.2) is 0 Å². The van der Waals surface area contributed by atoms with Gasteiger partial charge < -0.3 is 4.74 Å². The third kappa shape index (κ3) is 5.69. The number of hydrogen-bond acceptors (Lipinski definition) is 3. The molecular weight excluding hydrogens is 302 g/mol. The average Bonchev–Trinajstić information content (AvgIpc) is 2.59. The van der Waals surface area contributed by atoms with Crippen LogP contribution in [0.5, 0.6) is 5.75 Å². The molecule has 0 radical (unpaired) electrons. The highest BCUT2D eigenvalue weighted by Gasteiger charge is 2.07. The highest BCUT2D eigenvalue weighted by Crippen LogP contribution is 2.19. The molecule has 0 aliphatic rings. The molecule has 2 aromatic rings. The first kappa shape index (κ1) is 18.0. The molecule has 0 fully saturated rings. The lowest BCUT2D eigenvalue weighted by atomic mass is 9.95. The predicted molar refractivity (Wildman–Crippen MR) is 96.5 cm³/mol. The molecule has 4 heteroatoms. The van der Waals surface area contributed by atoms with Crippen LogP contribution in [0.1, 0.15) is 37.3 Å². The number of benzene rings is 2. The van der Waals surface area contributed by atoms with Crippen molar-refractivity contribution in [3.8, 4) is 5.75 Å². The molecule has 2 aromatic carbocycles. The van der Waals surface area contributed by atoms with E-state index in [0.717, 1.165) is 18.6 Å². The molecule has 0 saturated heterocycles. The summed E-state index contributed by atoms with van der Waals surface area (Å²) in [5.74, 6) is 1.48. The third-order valence-electron chi connectivity index (χ3n) is 4.30. The van der Waals surface area contributed by atoms with Gasteiger partial charge in [0, 0.05) is 12.1 Å². The summed E-state index contributed by atoms with van der Waals surface area (Å²) in [6.45, 7) is 2.24. The zero-order chi connectivity index (χ0) is 17.4. The Labute approximate surface area is 143 Å². The normalized spacial score (nSPS) is 11.9. The molecule has 0 bridgehead atoms. The van der Waals surface area contributed by atoms with E-state index in [9.17, 15) is 10.1 Å². The lowest BCUT2D eigenvalue weighted by molar-refractivity contribution is -0.384. The van der Waals surface area contributed by atoms with Crippen LogP contribution in [-0.2, 0) is 12.8 Å². The van der Waals surface area contributed by atoms with Gasteiger partial charge in [0.1, 0.15) is 5.75 Å². The van der Waals surface area contributed by atoms with Crippen LogP contribution in [0.25, 0.3) is 0 Å². The Balaban J connectivity index is 1.68. The molecule has 0 amide bonds. The number of nitrogens with zero attached hydrogens (tertiary/aromatic N) is 1. The van der Waals surface area contributed by atoms with Crippen molar-refractivity contribution < 1.29 is 9.66 Å². The molecule has 0 N–H and O–H groups in total. The van der Waals surface area contributed by atoms with Gasteiger partial charge in [0.2, 0.25) is 0 Å². The standard InChI is InChI=1S/C20H25NO3/c1-16(15-18-7-11-19(12-8-18)21(22)23)5-3-4-6-17-9-13-20(24-2)14-10-17/h7-14,16H,3-6,15H2,1-2H3. The van der Waals surface area contributed by atoms with Crippen molar-refractivity contribution in [2.24, 2.45) is 5.92 Å². The third-order valence-corrected chi connectivity index (χ3v) is 4.30. The highest BCUT2D eigenvalue weighted by atomic mass is 16.6. The van der Waals surface area contributed by atoms with Crippen molar-refractivity contribution in [3.05, 3.63) is 69.8 Å². The van der Waals surface area contributed by atoms with Crippen molar-refractivity contribution in [2.45, 2.75) is 39.0 Å². The smallest absolute Gasteiger partial charge is 0.269 e. The molecule has 0 saturated carbocycles. The molecule has 1 atom stereocenters. The van der Waals surface area contributed by atoms with E-state index < -0.39 is 0 Å². The first-order valence-electron chi connectivity index (χ1n) is 8.44. The number of ether oxygens (including phenoxy) is 1. The number of aryl methyl sites for hydroxylation is 1. The summed E-state index contributed by atoms with van der Waals surface area (Å²) in [6, 6.07) is 15.2. The topological polar surface area (TPSA) is 52.4 Å².